The minimum absolute atomic E-state index is 0.141. The maximum absolute atomic E-state index is 11.8. The van der Waals surface area contributed by atoms with Gasteiger partial charge in [-0.25, -0.2) is 4.79 Å². The van der Waals surface area contributed by atoms with Crippen LogP contribution in [0.25, 0.3) is 0 Å². The highest BCUT2D eigenvalue weighted by Crippen LogP contribution is 2.17. The predicted molar refractivity (Wildman–Crippen MR) is 79.3 cm³/mol. The summed E-state index contributed by atoms with van der Waals surface area (Å²) in [6.07, 6.45) is 3.15. The lowest BCUT2D eigenvalue weighted by atomic mass is 10.1. The average Bonchev–Trinajstić information content (AvgIpc) is 2.33. The minimum Gasteiger partial charge on any atom is -0.481 e. The molecule has 1 amide bonds. The summed E-state index contributed by atoms with van der Waals surface area (Å²) < 4.78 is 5.20. The molecule has 1 aromatic rings. The Bertz CT molecular complexity index is 495. The van der Waals surface area contributed by atoms with Crippen LogP contribution in [0.5, 0.6) is 0 Å². The number of aryl methyl sites for hydroxylation is 1. The van der Waals surface area contributed by atoms with Gasteiger partial charge in [-0.2, -0.15) is 0 Å². The third-order valence-electron chi connectivity index (χ3n) is 2.58. The Morgan fingerprint density at radius 2 is 2.05 bits per heavy atom. The number of pyridine rings is 1. The van der Waals surface area contributed by atoms with Crippen molar-refractivity contribution in [2.45, 2.75) is 52.1 Å². The molecular weight excluding hydrogens is 272 g/mol. The summed E-state index contributed by atoms with van der Waals surface area (Å²) in [6.45, 7) is 5.38. The Balaban J connectivity index is 2.58. The van der Waals surface area contributed by atoms with Crippen molar-refractivity contribution in [1.82, 2.24) is 4.98 Å². The first-order chi connectivity index (χ1) is 9.78. The maximum atomic E-state index is 11.8. The molecule has 0 spiro atoms. The normalized spacial score (nSPS) is 11.0. The van der Waals surface area contributed by atoms with E-state index in [0.29, 0.717) is 24.9 Å². The van der Waals surface area contributed by atoms with Crippen LogP contribution in [0.4, 0.5) is 10.5 Å². The van der Waals surface area contributed by atoms with Crippen molar-refractivity contribution >= 4 is 17.7 Å². The Labute approximate surface area is 124 Å². The van der Waals surface area contributed by atoms with Gasteiger partial charge in [-0.05, 0) is 52.2 Å². The molecule has 0 aromatic carbocycles. The zero-order valence-electron chi connectivity index (χ0n) is 12.7. The number of nitrogens with zero attached hydrogens (tertiary/aromatic N) is 1. The summed E-state index contributed by atoms with van der Waals surface area (Å²) in [5, 5.41) is 11.3. The van der Waals surface area contributed by atoms with Gasteiger partial charge >= 0.3 is 12.1 Å². The largest absolute Gasteiger partial charge is 0.481 e. The van der Waals surface area contributed by atoms with E-state index in [0.717, 1.165) is 5.69 Å². The molecule has 0 aliphatic carbocycles. The van der Waals surface area contributed by atoms with E-state index in [1.165, 1.54) is 0 Å². The number of carboxylic acid groups (broad SMARTS) is 1. The molecular formula is C15H22N2O4. The van der Waals surface area contributed by atoms with Crippen LogP contribution in [0.2, 0.25) is 0 Å². The number of hydrogen-bond donors (Lipinski definition) is 2. The quantitative estimate of drug-likeness (QED) is 0.786. The Morgan fingerprint density at radius 3 is 2.67 bits per heavy atom. The highest BCUT2D eigenvalue weighted by atomic mass is 16.6. The van der Waals surface area contributed by atoms with E-state index in [9.17, 15) is 9.59 Å². The standard InChI is InChI=1S/C15H22N2O4/c1-15(2,3)21-14(20)17-12-8-6-10-16-11(12)7-4-5-9-13(18)19/h6,8,10H,4-5,7,9H2,1-3H3,(H,17,20)(H,18,19). The van der Waals surface area contributed by atoms with Crippen LogP contribution in [0.3, 0.4) is 0 Å². The number of rotatable bonds is 6. The topological polar surface area (TPSA) is 88.5 Å². The van der Waals surface area contributed by atoms with Gasteiger partial charge in [0, 0.05) is 12.6 Å². The molecule has 6 nitrogen and oxygen atoms in total. The highest BCUT2D eigenvalue weighted by Gasteiger charge is 2.17. The molecule has 6 heteroatoms. The number of nitrogens with one attached hydrogen (secondary N) is 1. The number of aliphatic carboxylic acids is 1. The van der Waals surface area contributed by atoms with Crippen LogP contribution in [0.1, 0.15) is 45.7 Å². The first kappa shape index (κ1) is 16.9. The molecule has 116 valence electrons. The Kier molecular flexibility index (Phi) is 6.14. The van der Waals surface area contributed by atoms with Crippen molar-refractivity contribution in [3.63, 3.8) is 0 Å². The number of amides is 1. The van der Waals surface area contributed by atoms with E-state index in [2.05, 4.69) is 10.3 Å². The molecule has 1 heterocycles. The number of carbonyl (C=O) groups is 2. The second kappa shape index (κ2) is 7.61. The van der Waals surface area contributed by atoms with Crippen LogP contribution >= 0.6 is 0 Å². The molecule has 0 radical (unpaired) electrons. The molecule has 0 saturated heterocycles. The second-order valence-corrected chi connectivity index (χ2v) is 5.73. The van der Waals surface area contributed by atoms with Gasteiger partial charge in [0.2, 0.25) is 0 Å². The number of anilines is 1. The van der Waals surface area contributed by atoms with Crippen molar-refractivity contribution in [2.24, 2.45) is 0 Å². The molecule has 21 heavy (non-hydrogen) atoms. The SMILES string of the molecule is CC(C)(C)OC(=O)Nc1cccnc1CCCCC(=O)O. The summed E-state index contributed by atoms with van der Waals surface area (Å²) in [6, 6.07) is 3.48. The number of unbranched alkanes of at least 4 members (excludes halogenated alkanes) is 1. The third-order valence-corrected chi connectivity index (χ3v) is 2.58. The number of aromatic nitrogens is 1. The van der Waals surface area contributed by atoms with E-state index in [1.807, 2.05) is 0 Å². The Morgan fingerprint density at radius 1 is 1.33 bits per heavy atom. The first-order valence-corrected chi connectivity index (χ1v) is 6.93. The molecule has 0 saturated carbocycles. The Hall–Kier alpha value is -2.11. The molecule has 0 atom stereocenters. The van der Waals surface area contributed by atoms with Gasteiger partial charge in [0.25, 0.3) is 0 Å². The number of carbonyl (C=O) groups excluding carboxylic acids is 1. The summed E-state index contributed by atoms with van der Waals surface area (Å²) in [5.74, 6) is -0.803. The van der Waals surface area contributed by atoms with Crippen LogP contribution in [0.15, 0.2) is 18.3 Å². The fourth-order valence-electron chi connectivity index (χ4n) is 1.73. The van der Waals surface area contributed by atoms with E-state index in [4.69, 9.17) is 9.84 Å². The van der Waals surface area contributed by atoms with Crippen molar-refractivity contribution in [3.8, 4) is 0 Å². The monoisotopic (exact) mass is 294 g/mol. The van der Waals surface area contributed by atoms with E-state index >= 15 is 0 Å². The number of hydrogen-bond acceptors (Lipinski definition) is 4. The van der Waals surface area contributed by atoms with Crippen molar-refractivity contribution < 1.29 is 19.4 Å². The van der Waals surface area contributed by atoms with Gasteiger partial charge in [-0.1, -0.05) is 0 Å². The second-order valence-electron chi connectivity index (χ2n) is 5.73. The molecule has 0 fully saturated rings. The zero-order chi connectivity index (χ0) is 15.9. The summed E-state index contributed by atoms with van der Waals surface area (Å²) in [5.41, 5.74) is 0.768. The molecule has 0 aliphatic rings. The molecule has 0 bridgehead atoms. The van der Waals surface area contributed by atoms with Gasteiger partial charge in [-0.3, -0.25) is 15.1 Å². The lowest BCUT2D eigenvalue weighted by molar-refractivity contribution is -0.137. The predicted octanol–water partition coefficient (Wildman–Crippen LogP) is 3.23. The number of carboxylic acids is 1. The minimum atomic E-state index is -0.803. The lowest BCUT2D eigenvalue weighted by Crippen LogP contribution is -2.27. The van der Waals surface area contributed by atoms with Crippen molar-refractivity contribution in [2.75, 3.05) is 5.32 Å². The van der Waals surface area contributed by atoms with Crippen LogP contribution < -0.4 is 5.32 Å². The van der Waals surface area contributed by atoms with Gasteiger partial charge in [0.05, 0.1) is 11.4 Å². The van der Waals surface area contributed by atoms with E-state index in [1.54, 1.807) is 39.1 Å². The van der Waals surface area contributed by atoms with Gasteiger partial charge in [-0.15, -0.1) is 0 Å². The van der Waals surface area contributed by atoms with E-state index < -0.39 is 17.7 Å². The molecule has 1 aromatic heterocycles. The van der Waals surface area contributed by atoms with Gasteiger partial charge in [0.1, 0.15) is 5.60 Å². The van der Waals surface area contributed by atoms with Gasteiger partial charge in [0.15, 0.2) is 0 Å². The number of ether oxygens (including phenoxy) is 1. The van der Waals surface area contributed by atoms with Crippen molar-refractivity contribution in [1.29, 1.82) is 0 Å². The molecule has 1 rings (SSSR count). The fraction of sp³-hybridized carbons (Fsp3) is 0.533. The third kappa shape index (κ3) is 7.29. The van der Waals surface area contributed by atoms with Crippen LogP contribution in [-0.4, -0.2) is 27.8 Å². The zero-order valence-corrected chi connectivity index (χ0v) is 12.7. The first-order valence-electron chi connectivity index (χ1n) is 6.93. The van der Waals surface area contributed by atoms with Gasteiger partial charge < -0.3 is 9.84 Å². The van der Waals surface area contributed by atoms with E-state index in [-0.39, 0.29) is 6.42 Å². The summed E-state index contributed by atoms with van der Waals surface area (Å²) in [4.78, 5) is 26.5. The summed E-state index contributed by atoms with van der Waals surface area (Å²) >= 11 is 0. The highest BCUT2D eigenvalue weighted by molar-refractivity contribution is 5.85. The molecule has 2 N–H and O–H groups in total. The maximum Gasteiger partial charge on any atom is 0.412 e. The fourth-order valence-corrected chi connectivity index (χ4v) is 1.73. The molecule has 0 aliphatic heterocycles. The van der Waals surface area contributed by atoms with Crippen LogP contribution in [-0.2, 0) is 16.0 Å². The summed E-state index contributed by atoms with van der Waals surface area (Å²) in [7, 11) is 0. The average molecular weight is 294 g/mol. The molecule has 0 unspecified atom stereocenters. The van der Waals surface area contributed by atoms with Crippen molar-refractivity contribution in [3.05, 3.63) is 24.0 Å². The van der Waals surface area contributed by atoms with Crippen LogP contribution in [0, 0.1) is 0 Å². The smallest absolute Gasteiger partial charge is 0.412 e. The lowest BCUT2D eigenvalue weighted by Gasteiger charge is -2.20.